The molecule has 2 aromatic rings. The van der Waals surface area contributed by atoms with E-state index in [1.54, 1.807) is 12.1 Å². The van der Waals surface area contributed by atoms with Crippen molar-refractivity contribution in [3.8, 4) is 17.6 Å². The number of hydrogen-bond donors (Lipinski definition) is 0. The van der Waals surface area contributed by atoms with Crippen LogP contribution >= 0.6 is 11.6 Å². The van der Waals surface area contributed by atoms with Crippen LogP contribution in [0.2, 0.25) is 5.02 Å². The van der Waals surface area contributed by atoms with E-state index < -0.39 is 0 Å². The quantitative estimate of drug-likeness (QED) is 0.781. The fourth-order valence-electron chi connectivity index (χ4n) is 3.07. The van der Waals surface area contributed by atoms with Gasteiger partial charge in [-0.05, 0) is 36.6 Å². The van der Waals surface area contributed by atoms with Crippen molar-refractivity contribution in [1.82, 2.24) is 14.8 Å². The van der Waals surface area contributed by atoms with Crippen LogP contribution in [0.15, 0.2) is 12.1 Å². The third-order valence-corrected chi connectivity index (χ3v) is 4.51. The second-order valence-corrected chi connectivity index (χ2v) is 6.22. The highest BCUT2D eigenvalue weighted by molar-refractivity contribution is 6.32. The van der Waals surface area contributed by atoms with E-state index in [1.165, 1.54) is 6.42 Å². The average molecular weight is 343 g/mol. The third-order valence-electron chi connectivity index (χ3n) is 4.23. The number of allylic oxidation sites excluding steroid dienone is 1. The maximum Gasteiger partial charge on any atom is 0.231 e. The molecule has 122 valence electrons. The van der Waals surface area contributed by atoms with Gasteiger partial charge in [-0.2, -0.15) is 5.26 Å². The van der Waals surface area contributed by atoms with Crippen molar-refractivity contribution in [3.05, 3.63) is 34.4 Å². The van der Waals surface area contributed by atoms with Gasteiger partial charge in [-0.1, -0.05) is 18.0 Å². The normalized spacial score (nSPS) is 16.4. The molecule has 0 radical (unpaired) electrons. The molecular weight excluding hydrogens is 328 g/mol. The number of hydrogen-bond acceptors (Lipinski definition) is 5. The van der Waals surface area contributed by atoms with Crippen LogP contribution in [0.25, 0.3) is 11.6 Å². The van der Waals surface area contributed by atoms with Crippen molar-refractivity contribution >= 4 is 23.3 Å². The molecule has 1 aromatic carbocycles. The molecule has 0 unspecified atom stereocenters. The Kier molecular flexibility index (Phi) is 3.87. The number of aromatic nitrogens is 3. The van der Waals surface area contributed by atoms with Crippen molar-refractivity contribution in [2.75, 3.05) is 6.79 Å². The van der Waals surface area contributed by atoms with Crippen LogP contribution in [0.5, 0.6) is 11.5 Å². The van der Waals surface area contributed by atoms with Gasteiger partial charge in [0, 0.05) is 13.0 Å². The molecule has 2 aliphatic heterocycles. The standard InChI is InChI=1S/C17H15ClN4O2/c18-13-7-11(8-14-16(13)24-10-23-14)6-12(9-19)17-21-20-15-4-2-1-3-5-22(15)17/h6-8H,1-5,10H2/b12-6+. The van der Waals surface area contributed by atoms with Crippen LogP contribution in [0.1, 0.15) is 36.5 Å². The lowest BCUT2D eigenvalue weighted by atomic mass is 10.1. The van der Waals surface area contributed by atoms with Gasteiger partial charge >= 0.3 is 0 Å². The largest absolute Gasteiger partial charge is 0.454 e. The zero-order chi connectivity index (χ0) is 16.5. The summed E-state index contributed by atoms with van der Waals surface area (Å²) in [6.45, 7) is 1.00. The van der Waals surface area contributed by atoms with E-state index in [9.17, 15) is 5.26 Å². The van der Waals surface area contributed by atoms with Crippen molar-refractivity contribution in [2.45, 2.75) is 32.2 Å². The summed E-state index contributed by atoms with van der Waals surface area (Å²) in [6.07, 6.45) is 6.03. The molecule has 0 fully saturated rings. The van der Waals surface area contributed by atoms with Gasteiger partial charge in [0.25, 0.3) is 0 Å². The van der Waals surface area contributed by atoms with E-state index >= 15 is 0 Å². The SMILES string of the molecule is N#C/C(=C\c1cc(Cl)c2c(c1)OCO2)c1nnc2n1CCCCC2. The lowest BCUT2D eigenvalue weighted by Crippen LogP contribution is -2.05. The highest BCUT2D eigenvalue weighted by Gasteiger charge is 2.20. The molecule has 1 aromatic heterocycles. The Hall–Kier alpha value is -2.52. The summed E-state index contributed by atoms with van der Waals surface area (Å²) in [5.74, 6) is 2.70. The van der Waals surface area contributed by atoms with Crippen LogP contribution in [-0.4, -0.2) is 21.6 Å². The first-order valence-corrected chi connectivity index (χ1v) is 8.27. The van der Waals surface area contributed by atoms with Gasteiger partial charge in [0.15, 0.2) is 17.3 Å². The Balaban J connectivity index is 1.75. The zero-order valence-electron chi connectivity index (χ0n) is 13.0. The number of aryl methyl sites for hydroxylation is 1. The zero-order valence-corrected chi connectivity index (χ0v) is 13.7. The second-order valence-electron chi connectivity index (χ2n) is 5.81. The first kappa shape index (κ1) is 15.0. The van der Waals surface area contributed by atoms with Gasteiger partial charge in [-0.3, -0.25) is 0 Å². The van der Waals surface area contributed by atoms with Crippen molar-refractivity contribution in [3.63, 3.8) is 0 Å². The number of ether oxygens (including phenoxy) is 2. The Morgan fingerprint density at radius 1 is 1.25 bits per heavy atom. The minimum absolute atomic E-state index is 0.158. The number of rotatable bonds is 2. The fourth-order valence-corrected chi connectivity index (χ4v) is 3.34. The minimum Gasteiger partial charge on any atom is -0.454 e. The number of nitrogens with zero attached hydrogens (tertiary/aromatic N) is 4. The molecular formula is C17H15ClN4O2. The molecule has 0 amide bonds. The Morgan fingerprint density at radius 2 is 2.17 bits per heavy atom. The van der Waals surface area contributed by atoms with E-state index in [0.29, 0.717) is 27.9 Å². The van der Waals surface area contributed by atoms with Crippen LogP contribution in [0.4, 0.5) is 0 Å². The lowest BCUT2D eigenvalue weighted by molar-refractivity contribution is 0.174. The molecule has 0 spiro atoms. The maximum atomic E-state index is 9.61. The smallest absolute Gasteiger partial charge is 0.231 e. The van der Waals surface area contributed by atoms with Gasteiger partial charge in [0.1, 0.15) is 11.9 Å². The first-order chi connectivity index (χ1) is 11.8. The van der Waals surface area contributed by atoms with Crippen molar-refractivity contribution in [1.29, 1.82) is 5.26 Å². The molecule has 24 heavy (non-hydrogen) atoms. The number of benzene rings is 1. The van der Waals surface area contributed by atoms with Crippen LogP contribution < -0.4 is 9.47 Å². The molecule has 6 nitrogen and oxygen atoms in total. The summed E-state index contributed by atoms with van der Waals surface area (Å²) in [6, 6.07) is 5.80. The van der Waals surface area contributed by atoms with Gasteiger partial charge in [0.2, 0.25) is 6.79 Å². The van der Waals surface area contributed by atoms with Crippen LogP contribution in [0.3, 0.4) is 0 Å². The molecule has 2 aliphatic rings. The highest BCUT2D eigenvalue weighted by Crippen LogP contribution is 2.40. The number of fused-ring (bicyclic) bond motifs is 2. The minimum atomic E-state index is 0.158. The Labute approximate surface area is 144 Å². The molecule has 0 atom stereocenters. The molecule has 3 heterocycles. The van der Waals surface area contributed by atoms with Crippen LogP contribution in [-0.2, 0) is 13.0 Å². The Bertz CT molecular complexity index is 866. The maximum absolute atomic E-state index is 9.61. The van der Waals surface area contributed by atoms with E-state index in [-0.39, 0.29) is 6.79 Å². The molecule has 0 N–H and O–H groups in total. The first-order valence-electron chi connectivity index (χ1n) is 7.89. The molecule has 0 saturated heterocycles. The topological polar surface area (TPSA) is 73.0 Å². The molecule has 4 rings (SSSR count). The summed E-state index contributed by atoms with van der Waals surface area (Å²) in [5, 5.41) is 18.6. The summed E-state index contributed by atoms with van der Waals surface area (Å²) < 4.78 is 12.7. The van der Waals surface area contributed by atoms with Crippen molar-refractivity contribution in [2.24, 2.45) is 0 Å². The van der Waals surface area contributed by atoms with Gasteiger partial charge < -0.3 is 14.0 Å². The predicted molar refractivity (Wildman–Crippen MR) is 88.6 cm³/mol. The van der Waals surface area contributed by atoms with E-state index in [4.69, 9.17) is 21.1 Å². The number of nitriles is 1. The molecule has 0 saturated carbocycles. The average Bonchev–Trinajstić information content (AvgIpc) is 3.14. The fraction of sp³-hybridized carbons (Fsp3) is 0.353. The van der Waals surface area contributed by atoms with Crippen molar-refractivity contribution < 1.29 is 9.47 Å². The summed E-state index contributed by atoms with van der Waals surface area (Å²) in [7, 11) is 0. The van der Waals surface area contributed by atoms with E-state index in [0.717, 1.165) is 37.2 Å². The molecule has 0 aliphatic carbocycles. The van der Waals surface area contributed by atoms with Gasteiger partial charge in [0.05, 0.1) is 10.6 Å². The summed E-state index contributed by atoms with van der Waals surface area (Å²) >= 11 is 6.21. The van der Waals surface area contributed by atoms with Gasteiger partial charge in [-0.15, -0.1) is 10.2 Å². The van der Waals surface area contributed by atoms with E-state index in [2.05, 4.69) is 20.8 Å². The summed E-state index contributed by atoms with van der Waals surface area (Å²) in [5.41, 5.74) is 1.23. The summed E-state index contributed by atoms with van der Waals surface area (Å²) in [4.78, 5) is 0. The van der Waals surface area contributed by atoms with E-state index in [1.807, 2.05) is 6.07 Å². The predicted octanol–water partition coefficient (Wildman–Crippen LogP) is 3.45. The lowest BCUT2D eigenvalue weighted by Gasteiger charge is -2.06. The highest BCUT2D eigenvalue weighted by atomic mass is 35.5. The van der Waals surface area contributed by atoms with Crippen LogP contribution in [0, 0.1) is 11.3 Å². The third kappa shape index (κ3) is 2.61. The Morgan fingerprint density at radius 3 is 3.04 bits per heavy atom. The monoisotopic (exact) mass is 342 g/mol. The number of halogens is 1. The molecule has 7 heteroatoms. The van der Waals surface area contributed by atoms with Gasteiger partial charge in [-0.25, -0.2) is 0 Å². The molecule has 0 bridgehead atoms. The second kappa shape index (κ2) is 6.17.